The van der Waals surface area contributed by atoms with Crippen molar-refractivity contribution in [2.24, 2.45) is 13.0 Å². The first-order valence-electron chi connectivity index (χ1n) is 13.4. The Kier molecular flexibility index (Phi) is 5.56. The van der Waals surface area contributed by atoms with Gasteiger partial charge in [-0.25, -0.2) is 13.8 Å². The Morgan fingerprint density at radius 1 is 0.895 bits per heavy atom. The predicted octanol–water partition coefficient (Wildman–Crippen LogP) is 6.36. The van der Waals surface area contributed by atoms with Gasteiger partial charge in [0.15, 0.2) is 0 Å². The predicted molar refractivity (Wildman–Crippen MR) is 147 cm³/mol. The molecule has 0 atom stereocenters. The minimum atomic E-state index is -0.605. The Morgan fingerprint density at radius 3 is 2.42 bits per heavy atom. The van der Waals surface area contributed by atoms with E-state index >= 15 is 0 Å². The molecule has 2 aliphatic rings. The molecule has 0 spiro atoms. The van der Waals surface area contributed by atoms with Crippen molar-refractivity contribution in [1.82, 2.24) is 19.3 Å². The molecule has 1 saturated carbocycles. The van der Waals surface area contributed by atoms with E-state index in [-0.39, 0.29) is 0 Å². The van der Waals surface area contributed by atoms with Crippen molar-refractivity contribution >= 4 is 33.6 Å². The summed E-state index contributed by atoms with van der Waals surface area (Å²) in [5.41, 5.74) is 5.27. The highest BCUT2D eigenvalue weighted by Crippen LogP contribution is 2.35. The van der Waals surface area contributed by atoms with Crippen LogP contribution >= 0.6 is 0 Å². The number of fused-ring (bicyclic) bond motifs is 2. The summed E-state index contributed by atoms with van der Waals surface area (Å²) in [5, 5.41) is 9.14. The molecule has 2 aromatic heterocycles. The van der Waals surface area contributed by atoms with Crippen LogP contribution in [0.2, 0.25) is 0 Å². The summed E-state index contributed by atoms with van der Waals surface area (Å²) in [6.45, 7) is 2.97. The van der Waals surface area contributed by atoms with Crippen LogP contribution in [0.15, 0.2) is 60.7 Å². The van der Waals surface area contributed by atoms with Crippen LogP contribution in [0.5, 0.6) is 0 Å². The number of hydrogen-bond donors (Lipinski definition) is 1. The number of imidazole rings is 1. The summed E-state index contributed by atoms with van der Waals surface area (Å²) in [4.78, 5) is 7.46. The maximum atomic E-state index is 13.8. The Labute approximate surface area is 219 Å². The average Bonchev–Trinajstić information content (AvgIpc) is 3.58. The van der Waals surface area contributed by atoms with Crippen molar-refractivity contribution < 1.29 is 8.78 Å². The number of aryl methyl sites for hydroxylation is 1. The second-order valence-electron chi connectivity index (χ2n) is 10.7. The number of anilines is 2. The number of halogens is 2. The van der Waals surface area contributed by atoms with Gasteiger partial charge in [-0.05, 0) is 74.1 Å². The van der Waals surface area contributed by atoms with E-state index in [1.807, 2.05) is 19.2 Å². The largest absolute Gasteiger partial charge is 0.382 e. The lowest BCUT2D eigenvalue weighted by molar-refractivity contribution is 0.509. The second-order valence-corrected chi connectivity index (χ2v) is 10.7. The van der Waals surface area contributed by atoms with Crippen molar-refractivity contribution in [1.29, 1.82) is 0 Å². The summed E-state index contributed by atoms with van der Waals surface area (Å²) in [6.07, 6.45) is 4.67. The van der Waals surface area contributed by atoms with E-state index in [0.29, 0.717) is 17.3 Å². The fourth-order valence-electron chi connectivity index (χ4n) is 5.75. The van der Waals surface area contributed by atoms with Crippen LogP contribution in [0.25, 0.3) is 33.2 Å². The molecule has 1 aliphatic carbocycles. The van der Waals surface area contributed by atoms with Crippen LogP contribution in [0.1, 0.15) is 25.7 Å². The van der Waals surface area contributed by atoms with E-state index in [9.17, 15) is 8.78 Å². The minimum Gasteiger partial charge on any atom is -0.382 e. The van der Waals surface area contributed by atoms with Crippen LogP contribution < -0.4 is 10.2 Å². The molecule has 8 heteroatoms. The highest BCUT2D eigenvalue weighted by molar-refractivity contribution is 5.95. The molecule has 7 rings (SSSR count). The van der Waals surface area contributed by atoms with Crippen molar-refractivity contribution in [3.05, 3.63) is 72.3 Å². The van der Waals surface area contributed by atoms with E-state index in [2.05, 4.69) is 50.2 Å². The minimum absolute atomic E-state index is 0.356. The topological polar surface area (TPSA) is 50.9 Å². The van der Waals surface area contributed by atoms with Gasteiger partial charge in [-0.3, -0.25) is 4.68 Å². The van der Waals surface area contributed by atoms with Gasteiger partial charge in [0.2, 0.25) is 5.95 Å². The number of hydrogen-bond acceptors (Lipinski definition) is 4. The fraction of sp³-hybridized carbons (Fsp3) is 0.333. The van der Waals surface area contributed by atoms with Gasteiger partial charge in [0.25, 0.3) is 0 Å². The molecule has 1 N–H and O–H groups in total. The lowest BCUT2D eigenvalue weighted by Crippen LogP contribution is -2.40. The molecule has 1 aliphatic heterocycles. The third-order valence-electron chi connectivity index (χ3n) is 7.91. The van der Waals surface area contributed by atoms with E-state index in [1.165, 1.54) is 30.5 Å². The van der Waals surface area contributed by atoms with Crippen molar-refractivity contribution in [3.63, 3.8) is 0 Å². The number of aromatic nitrogens is 4. The highest BCUT2D eigenvalue weighted by atomic mass is 19.1. The number of nitrogens with one attached hydrogen (secondary N) is 1. The van der Waals surface area contributed by atoms with Crippen molar-refractivity contribution in [2.75, 3.05) is 23.3 Å². The Morgan fingerprint density at radius 2 is 1.66 bits per heavy atom. The summed E-state index contributed by atoms with van der Waals surface area (Å²) < 4.78 is 31.8. The zero-order valence-corrected chi connectivity index (χ0v) is 21.4. The van der Waals surface area contributed by atoms with Gasteiger partial charge in [0, 0.05) is 55.4 Å². The fourth-order valence-corrected chi connectivity index (χ4v) is 5.75. The summed E-state index contributed by atoms with van der Waals surface area (Å²) >= 11 is 0. The Hall–Kier alpha value is -3.94. The van der Waals surface area contributed by atoms with Gasteiger partial charge in [-0.15, -0.1) is 0 Å². The van der Waals surface area contributed by atoms with Gasteiger partial charge in [-0.1, -0.05) is 12.1 Å². The van der Waals surface area contributed by atoms with Gasteiger partial charge in [0.1, 0.15) is 17.3 Å². The number of rotatable bonds is 6. The first kappa shape index (κ1) is 23.2. The number of nitrogens with zero attached hydrogens (tertiary/aromatic N) is 5. The quantitative estimate of drug-likeness (QED) is 0.288. The third kappa shape index (κ3) is 4.27. The number of piperidine rings is 1. The molecular weight excluding hydrogens is 482 g/mol. The molecule has 5 aromatic rings. The summed E-state index contributed by atoms with van der Waals surface area (Å²) in [6, 6.07) is 18.4. The zero-order valence-electron chi connectivity index (χ0n) is 21.4. The van der Waals surface area contributed by atoms with Crippen molar-refractivity contribution in [3.8, 4) is 11.3 Å². The molecule has 0 unspecified atom stereocenters. The molecule has 2 fully saturated rings. The van der Waals surface area contributed by atoms with E-state index in [1.54, 1.807) is 4.68 Å². The molecule has 194 valence electrons. The molecule has 3 heterocycles. The molecule has 38 heavy (non-hydrogen) atoms. The molecule has 0 amide bonds. The lowest BCUT2D eigenvalue weighted by atomic mass is 10.0. The number of benzene rings is 3. The average molecular weight is 513 g/mol. The zero-order chi connectivity index (χ0) is 25.8. The summed E-state index contributed by atoms with van der Waals surface area (Å²) in [5.74, 6) is 0.681. The third-order valence-corrected chi connectivity index (χ3v) is 7.91. The van der Waals surface area contributed by atoms with Crippen LogP contribution in [0, 0.1) is 17.6 Å². The van der Waals surface area contributed by atoms with Gasteiger partial charge in [-0.2, -0.15) is 5.10 Å². The standard InChI is InChI=1S/C30H30F2N6/c1-36-28-17-24(8-9-25(28)29(35-36)20-14-21(31)16-22(32)15-20)33-23-10-12-37(13-11-23)30-34-26-4-2-3-5-27(26)38(30)18-19-6-7-19/h2-5,8-9,14-17,19,23,33H,6-7,10-13,18H2,1H3. The summed E-state index contributed by atoms with van der Waals surface area (Å²) in [7, 11) is 1.86. The smallest absolute Gasteiger partial charge is 0.206 e. The molecule has 1 saturated heterocycles. The molecular formula is C30H30F2N6. The van der Waals surface area contributed by atoms with Crippen LogP contribution in [0.3, 0.4) is 0 Å². The van der Waals surface area contributed by atoms with Crippen LogP contribution in [0.4, 0.5) is 20.4 Å². The lowest BCUT2D eigenvalue weighted by Gasteiger charge is -2.34. The normalized spacial score (nSPS) is 16.6. The van der Waals surface area contributed by atoms with Gasteiger partial charge < -0.3 is 14.8 Å². The van der Waals surface area contributed by atoms with Crippen LogP contribution in [-0.4, -0.2) is 38.5 Å². The van der Waals surface area contributed by atoms with Crippen LogP contribution in [-0.2, 0) is 13.6 Å². The molecule has 0 bridgehead atoms. The monoisotopic (exact) mass is 512 g/mol. The van der Waals surface area contributed by atoms with E-state index < -0.39 is 11.6 Å². The number of para-hydroxylation sites is 2. The van der Waals surface area contributed by atoms with Crippen molar-refractivity contribution in [2.45, 2.75) is 38.3 Å². The highest BCUT2D eigenvalue weighted by Gasteiger charge is 2.28. The molecule has 0 radical (unpaired) electrons. The SMILES string of the molecule is Cn1nc(-c2cc(F)cc(F)c2)c2ccc(NC3CCN(c4nc5ccccc5n4CC4CC4)CC3)cc21. The van der Waals surface area contributed by atoms with E-state index in [4.69, 9.17) is 4.98 Å². The first-order chi connectivity index (χ1) is 18.5. The molecule has 3 aromatic carbocycles. The second kappa shape index (κ2) is 9.11. The van der Waals surface area contributed by atoms with Gasteiger partial charge in [0.05, 0.1) is 16.6 Å². The Bertz CT molecular complexity index is 1620. The van der Waals surface area contributed by atoms with E-state index in [0.717, 1.165) is 72.5 Å². The first-order valence-corrected chi connectivity index (χ1v) is 13.4. The maximum absolute atomic E-state index is 13.8. The molecule has 6 nitrogen and oxygen atoms in total. The maximum Gasteiger partial charge on any atom is 0.206 e. The van der Waals surface area contributed by atoms with Gasteiger partial charge >= 0.3 is 0 Å². The Balaban J connectivity index is 1.08.